The molecular formula is C63H122O17P2. The van der Waals surface area contributed by atoms with Crippen LogP contribution in [0, 0.1) is 23.7 Å². The number of hydrogen-bond donors (Lipinski definition) is 3. The number of carbonyl (C=O) groups excluding carboxylic acids is 4. The Hall–Kier alpha value is -1.94. The summed E-state index contributed by atoms with van der Waals surface area (Å²) in [6.07, 6.45) is 32.4. The highest BCUT2D eigenvalue weighted by molar-refractivity contribution is 7.47. The Morgan fingerprint density at radius 2 is 0.512 bits per heavy atom. The molecular weight excluding hydrogens is 1090 g/mol. The molecule has 0 aromatic heterocycles. The van der Waals surface area contributed by atoms with Crippen molar-refractivity contribution in [2.24, 2.45) is 23.7 Å². The number of esters is 4. The van der Waals surface area contributed by atoms with Gasteiger partial charge in [-0.05, 0) is 49.4 Å². The first-order valence-electron chi connectivity index (χ1n) is 32.7. The number of ether oxygens (including phenoxy) is 4. The fraction of sp³-hybridized carbons (Fsp3) is 0.937. The van der Waals surface area contributed by atoms with Crippen LogP contribution in [0.5, 0.6) is 0 Å². The smallest absolute Gasteiger partial charge is 0.462 e. The van der Waals surface area contributed by atoms with Gasteiger partial charge in [0.15, 0.2) is 12.2 Å². The van der Waals surface area contributed by atoms with Crippen molar-refractivity contribution in [3.63, 3.8) is 0 Å². The molecule has 0 amide bonds. The van der Waals surface area contributed by atoms with Crippen molar-refractivity contribution < 1.29 is 80.2 Å². The van der Waals surface area contributed by atoms with Gasteiger partial charge in [-0.25, -0.2) is 9.13 Å². The van der Waals surface area contributed by atoms with E-state index in [2.05, 4.69) is 55.4 Å². The predicted molar refractivity (Wildman–Crippen MR) is 326 cm³/mol. The Morgan fingerprint density at radius 3 is 0.756 bits per heavy atom. The van der Waals surface area contributed by atoms with Gasteiger partial charge in [0.25, 0.3) is 0 Å². The van der Waals surface area contributed by atoms with Crippen LogP contribution >= 0.6 is 15.6 Å². The molecule has 3 unspecified atom stereocenters. The molecule has 19 heteroatoms. The van der Waals surface area contributed by atoms with Gasteiger partial charge in [0, 0.05) is 25.7 Å². The second-order valence-electron chi connectivity index (χ2n) is 24.7. The molecule has 0 aromatic rings. The van der Waals surface area contributed by atoms with Crippen LogP contribution in [0.2, 0.25) is 0 Å². The molecule has 0 fully saturated rings. The van der Waals surface area contributed by atoms with E-state index in [0.29, 0.717) is 43.4 Å². The lowest BCUT2D eigenvalue weighted by atomic mass is 10.0. The molecule has 0 rings (SSSR count). The molecule has 0 aliphatic carbocycles. The van der Waals surface area contributed by atoms with Crippen LogP contribution in [-0.2, 0) is 65.4 Å². The molecule has 3 N–H and O–H groups in total. The normalized spacial score (nSPS) is 14.5. The molecule has 0 bridgehead atoms. The van der Waals surface area contributed by atoms with E-state index in [0.717, 1.165) is 102 Å². The molecule has 0 saturated heterocycles. The molecule has 0 spiro atoms. The number of carbonyl (C=O) groups is 4. The number of aliphatic hydroxyl groups excluding tert-OH is 1. The number of unbranched alkanes of at least 4 members (excludes halogenated alkanes) is 26. The first kappa shape index (κ1) is 80.1. The zero-order chi connectivity index (χ0) is 61.1. The summed E-state index contributed by atoms with van der Waals surface area (Å²) in [5.74, 6) is 0.683. The quantitative estimate of drug-likeness (QED) is 0.0222. The first-order chi connectivity index (χ1) is 39.1. The minimum Gasteiger partial charge on any atom is -0.462 e. The van der Waals surface area contributed by atoms with Crippen molar-refractivity contribution in [1.82, 2.24) is 0 Å². The molecule has 0 saturated carbocycles. The summed E-state index contributed by atoms with van der Waals surface area (Å²) in [7, 11) is -9.89. The van der Waals surface area contributed by atoms with Crippen LogP contribution in [0.25, 0.3) is 0 Å². The standard InChI is InChI=1S/C63H122O17P2/c1-53(2)39-31-23-15-11-9-10-12-18-27-35-43-60(65)73-49-58(79-62(67)45-37-29-20-14-17-25-33-41-55(5)6)51-77-81(69,70)75-47-57(64)48-76-82(71,72)78-52-59(80-63(68)46-38-30-22-21-26-34-42-56(7)8)50-74-61(66)44-36-28-19-13-16-24-32-40-54(3)4/h53-59,64H,9-52H2,1-8H3,(H,69,70)(H,71,72)/t57?,58-,59-/m1/s1. The number of rotatable bonds is 60. The van der Waals surface area contributed by atoms with Crippen molar-refractivity contribution >= 4 is 39.5 Å². The summed E-state index contributed by atoms with van der Waals surface area (Å²) in [5, 5.41) is 10.5. The third-order valence-corrected chi connectivity index (χ3v) is 16.2. The maximum Gasteiger partial charge on any atom is 0.472 e. The minimum atomic E-state index is -4.94. The van der Waals surface area contributed by atoms with Crippen LogP contribution in [-0.4, -0.2) is 96.7 Å². The van der Waals surface area contributed by atoms with E-state index in [4.69, 9.17) is 37.0 Å². The van der Waals surface area contributed by atoms with Crippen molar-refractivity contribution in [1.29, 1.82) is 0 Å². The molecule has 5 atom stereocenters. The Bertz CT molecular complexity index is 1640. The van der Waals surface area contributed by atoms with E-state index in [1.807, 2.05) is 0 Å². The van der Waals surface area contributed by atoms with Gasteiger partial charge in [-0.15, -0.1) is 0 Å². The fourth-order valence-corrected chi connectivity index (χ4v) is 10.8. The lowest BCUT2D eigenvalue weighted by Gasteiger charge is -2.21. The minimum absolute atomic E-state index is 0.101. The van der Waals surface area contributed by atoms with Gasteiger partial charge < -0.3 is 33.8 Å². The average Bonchev–Trinajstić information content (AvgIpc) is 3.41. The Balaban J connectivity index is 5.23. The molecule has 82 heavy (non-hydrogen) atoms. The predicted octanol–water partition coefficient (Wildman–Crippen LogP) is 17.0. The van der Waals surface area contributed by atoms with E-state index < -0.39 is 97.5 Å². The summed E-state index contributed by atoms with van der Waals surface area (Å²) >= 11 is 0. The summed E-state index contributed by atoms with van der Waals surface area (Å²) in [6.45, 7) is 13.9. The van der Waals surface area contributed by atoms with Crippen molar-refractivity contribution in [2.75, 3.05) is 39.6 Å². The van der Waals surface area contributed by atoms with Crippen LogP contribution in [0.4, 0.5) is 0 Å². The van der Waals surface area contributed by atoms with Crippen molar-refractivity contribution in [3.05, 3.63) is 0 Å². The summed E-state index contributed by atoms with van der Waals surface area (Å²) < 4.78 is 67.9. The van der Waals surface area contributed by atoms with E-state index in [9.17, 15) is 43.2 Å². The molecule has 0 aromatic carbocycles. The van der Waals surface area contributed by atoms with E-state index in [1.54, 1.807) is 0 Å². The van der Waals surface area contributed by atoms with Crippen LogP contribution in [0.3, 0.4) is 0 Å². The van der Waals surface area contributed by atoms with Crippen molar-refractivity contribution in [3.8, 4) is 0 Å². The van der Waals surface area contributed by atoms with E-state index in [1.165, 1.54) is 96.3 Å². The third kappa shape index (κ3) is 57.2. The summed E-state index contributed by atoms with van der Waals surface area (Å²) in [5.41, 5.74) is 0. The number of hydrogen-bond acceptors (Lipinski definition) is 15. The van der Waals surface area contributed by atoms with E-state index in [-0.39, 0.29) is 25.7 Å². The Morgan fingerprint density at radius 1 is 0.305 bits per heavy atom. The summed E-state index contributed by atoms with van der Waals surface area (Å²) in [4.78, 5) is 72.1. The second kappa shape index (κ2) is 53.3. The summed E-state index contributed by atoms with van der Waals surface area (Å²) in [6, 6.07) is 0. The van der Waals surface area contributed by atoms with Gasteiger partial charge >= 0.3 is 39.5 Å². The molecule has 486 valence electrons. The molecule has 0 aliphatic heterocycles. The second-order valence-corrected chi connectivity index (χ2v) is 27.6. The van der Waals surface area contributed by atoms with Crippen LogP contribution in [0.1, 0.15) is 299 Å². The van der Waals surface area contributed by atoms with Gasteiger partial charge in [-0.1, -0.05) is 248 Å². The number of aliphatic hydroxyl groups is 1. The van der Waals surface area contributed by atoms with Gasteiger partial charge in [0.05, 0.1) is 26.4 Å². The van der Waals surface area contributed by atoms with Gasteiger partial charge in [0.2, 0.25) is 0 Å². The fourth-order valence-electron chi connectivity index (χ4n) is 9.25. The van der Waals surface area contributed by atoms with E-state index >= 15 is 0 Å². The average molecular weight is 1210 g/mol. The Labute approximate surface area is 498 Å². The molecule has 0 aliphatic rings. The highest BCUT2D eigenvalue weighted by Crippen LogP contribution is 2.45. The number of phosphoric ester groups is 2. The Kier molecular flexibility index (Phi) is 52.0. The monoisotopic (exact) mass is 1210 g/mol. The van der Waals surface area contributed by atoms with Crippen LogP contribution < -0.4 is 0 Å². The third-order valence-electron chi connectivity index (χ3n) is 14.3. The maximum atomic E-state index is 13.0. The SMILES string of the molecule is CC(C)CCCCCCCCCCCCC(=O)OC[C@H](COP(=O)(O)OCC(O)COP(=O)(O)OC[C@@H](COC(=O)CCCCCCCCCC(C)C)OC(=O)CCCCCCCCC(C)C)OC(=O)CCCCCCCCCC(C)C. The lowest BCUT2D eigenvalue weighted by molar-refractivity contribution is -0.161. The highest BCUT2D eigenvalue weighted by Gasteiger charge is 2.30. The van der Waals surface area contributed by atoms with Crippen LogP contribution in [0.15, 0.2) is 0 Å². The molecule has 0 heterocycles. The zero-order valence-electron chi connectivity index (χ0n) is 53.1. The van der Waals surface area contributed by atoms with Gasteiger partial charge in [-0.3, -0.25) is 37.3 Å². The first-order valence-corrected chi connectivity index (χ1v) is 35.7. The highest BCUT2D eigenvalue weighted by atomic mass is 31.2. The lowest BCUT2D eigenvalue weighted by Crippen LogP contribution is -2.30. The zero-order valence-corrected chi connectivity index (χ0v) is 54.9. The largest absolute Gasteiger partial charge is 0.472 e. The maximum absolute atomic E-state index is 13.0. The number of phosphoric acid groups is 2. The van der Waals surface area contributed by atoms with Gasteiger partial charge in [0.1, 0.15) is 19.3 Å². The van der Waals surface area contributed by atoms with Gasteiger partial charge in [-0.2, -0.15) is 0 Å². The van der Waals surface area contributed by atoms with Crippen molar-refractivity contribution in [2.45, 2.75) is 318 Å². The molecule has 17 nitrogen and oxygen atoms in total. The topological polar surface area (TPSA) is 237 Å². The molecule has 0 radical (unpaired) electrons.